The van der Waals surface area contributed by atoms with Crippen LogP contribution in [0.15, 0.2) is 36.4 Å². The molecule has 0 aliphatic carbocycles. The number of halogens is 1. The number of carbonyl (C=O) groups excluding carboxylic acids is 2. The highest BCUT2D eigenvalue weighted by atomic mass is 35.5. The van der Waals surface area contributed by atoms with Crippen molar-refractivity contribution in [2.45, 2.75) is 51.1 Å². The van der Waals surface area contributed by atoms with Crippen molar-refractivity contribution >= 4 is 29.3 Å². The lowest BCUT2D eigenvalue weighted by atomic mass is 9.99. The minimum atomic E-state index is -0.765. The Morgan fingerprint density at radius 1 is 1.22 bits per heavy atom. The van der Waals surface area contributed by atoms with Crippen LogP contribution in [-0.2, 0) is 11.2 Å². The average Bonchev–Trinajstić information content (AvgIpc) is 2.79. The first-order valence-electron chi connectivity index (χ1n) is 11.0. The summed E-state index contributed by atoms with van der Waals surface area (Å²) >= 11 is 5.86. The monoisotopic (exact) mass is 457 g/mol. The van der Waals surface area contributed by atoms with Crippen LogP contribution in [0.2, 0.25) is 5.02 Å². The van der Waals surface area contributed by atoms with Crippen LogP contribution in [-0.4, -0.2) is 37.2 Å². The zero-order valence-corrected chi connectivity index (χ0v) is 18.8. The van der Waals surface area contributed by atoms with Crippen LogP contribution in [0.1, 0.15) is 36.8 Å². The second-order valence-corrected chi connectivity index (χ2v) is 8.68. The number of hydrogen-bond donors (Lipinski definition) is 3. The Morgan fingerprint density at radius 2 is 2.03 bits per heavy atom. The summed E-state index contributed by atoms with van der Waals surface area (Å²) < 4.78 is 11.6. The van der Waals surface area contributed by atoms with Gasteiger partial charge in [0.15, 0.2) is 0 Å². The number of hydrogen-bond acceptors (Lipinski definition) is 5. The Morgan fingerprint density at radius 3 is 2.78 bits per heavy atom. The Hall–Kier alpha value is -2.77. The Balaban J connectivity index is 1.34. The summed E-state index contributed by atoms with van der Waals surface area (Å²) in [6, 6.07) is 9.79. The van der Waals surface area contributed by atoms with Gasteiger partial charge in [-0.3, -0.25) is 0 Å². The highest BCUT2D eigenvalue weighted by Crippen LogP contribution is 2.35. The van der Waals surface area contributed by atoms with Gasteiger partial charge in [-0.1, -0.05) is 24.1 Å². The second kappa shape index (κ2) is 10.2. The standard InChI is InChI=1S/C24H28ClN3O4/c1-15-21(31-13-11-18-4-2-3-12-26-18)10-5-16-14-20(23(29)32-22(15)16)28-24(30)27-19-8-6-17(25)7-9-19/h5-10,18,20,26H,2-4,11-14H2,1H3,(H2,27,28,30). The molecule has 1 saturated heterocycles. The van der Waals surface area contributed by atoms with Gasteiger partial charge in [-0.25, -0.2) is 9.59 Å². The lowest BCUT2D eigenvalue weighted by molar-refractivity contribution is -0.137. The molecule has 2 heterocycles. The first-order valence-corrected chi connectivity index (χ1v) is 11.4. The van der Waals surface area contributed by atoms with Gasteiger partial charge in [-0.05, 0) is 68.6 Å². The van der Waals surface area contributed by atoms with E-state index in [-0.39, 0.29) is 0 Å². The minimum Gasteiger partial charge on any atom is -0.493 e. The molecule has 0 saturated carbocycles. The average molecular weight is 458 g/mol. The van der Waals surface area contributed by atoms with Gasteiger partial charge >= 0.3 is 12.0 Å². The van der Waals surface area contributed by atoms with E-state index in [1.165, 1.54) is 19.3 Å². The number of fused-ring (bicyclic) bond motifs is 1. The van der Waals surface area contributed by atoms with Crippen molar-refractivity contribution in [1.29, 1.82) is 0 Å². The van der Waals surface area contributed by atoms with Gasteiger partial charge in [-0.2, -0.15) is 0 Å². The second-order valence-electron chi connectivity index (χ2n) is 8.24. The molecule has 2 aliphatic rings. The Labute approximate surface area is 192 Å². The summed E-state index contributed by atoms with van der Waals surface area (Å²) in [7, 11) is 0. The molecule has 2 aliphatic heterocycles. The van der Waals surface area contributed by atoms with Gasteiger partial charge in [-0.15, -0.1) is 0 Å². The van der Waals surface area contributed by atoms with Crippen molar-refractivity contribution in [1.82, 2.24) is 10.6 Å². The fourth-order valence-electron chi connectivity index (χ4n) is 4.11. The van der Waals surface area contributed by atoms with E-state index in [0.29, 0.717) is 35.5 Å². The normalized spacial score (nSPS) is 20.1. The van der Waals surface area contributed by atoms with Gasteiger partial charge in [0.05, 0.1) is 6.61 Å². The summed E-state index contributed by atoms with van der Waals surface area (Å²) in [5.74, 6) is 0.758. The molecule has 0 aromatic heterocycles. The molecule has 1 fully saturated rings. The molecule has 2 amide bonds. The molecular weight excluding hydrogens is 430 g/mol. The van der Waals surface area contributed by atoms with Crippen molar-refractivity contribution in [3.63, 3.8) is 0 Å². The maximum Gasteiger partial charge on any atom is 0.334 e. The highest BCUT2D eigenvalue weighted by molar-refractivity contribution is 6.30. The zero-order valence-electron chi connectivity index (χ0n) is 18.1. The van der Waals surface area contributed by atoms with Crippen LogP contribution in [0, 0.1) is 6.92 Å². The summed E-state index contributed by atoms with van der Waals surface area (Å²) in [5.41, 5.74) is 2.24. The molecule has 32 heavy (non-hydrogen) atoms. The molecule has 8 heteroatoms. The lowest BCUT2D eigenvalue weighted by Crippen LogP contribution is -2.48. The third-order valence-corrected chi connectivity index (χ3v) is 6.14. The van der Waals surface area contributed by atoms with Crippen molar-refractivity contribution in [3.05, 3.63) is 52.5 Å². The van der Waals surface area contributed by atoms with E-state index < -0.39 is 18.0 Å². The maximum atomic E-state index is 12.5. The number of benzene rings is 2. The third kappa shape index (κ3) is 5.53. The molecule has 2 unspecified atom stereocenters. The number of esters is 1. The number of anilines is 1. The smallest absolute Gasteiger partial charge is 0.334 e. The van der Waals surface area contributed by atoms with Crippen molar-refractivity contribution in [2.24, 2.45) is 0 Å². The summed E-state index contributed by atoms with van der Waals surface area (Å²) in [4.78, 5) is 24.8. The fraction of sp³-hybridized carbons (Fsp3) is 0.417. The molecule has 3 N–H and O–H groups in total. The molecular formula is C24H28ClN3O4. The first-order chi connectivity index (χ1) is 15.5. The van der Waals surface area contributed by atoms with Gasteiger partial charge in [0, 0.05) is 28.7 Å². The summed E-state index contributed by atoms with van der Waals surface area (Å²) in [5, 5.41) is 9.47. The number of piperidine rings is 1. The van der Waals surface area contributed by atoms with E-state index in [0.717, 1.165) is 29.8 Å². The highest BCUT2D eigenvalue weighted by Gasteiger charge is 2.31. The number of rotatable bonds is 6. The summed E-state index contributed by atoms with van der Waals surface area (Å²) in [6.45, 7) is 3.58. The molecule has 4 rings (SSSR count). The third-order valence-electron chi connectivity index (χ3n) is 5.89. The Bertz CT molecular complexity index is 974. The molecule has 0 radical (unpaired) electrons. The van der Waals surface area contributed by atoms with Gasteiger partial charge in [0.2, 0.25) is 0 Å². The van der Waals surface area contributed by atoms with E-state index in [2.05, 4.69) is 16.0 Å². The van der Waals surface area contributed by atoms with Crippen LogP contribution in [0.5, 0.6) is 11.5 Å². The quantitative estimate of drug-likeness (QED) is 0.446. The predicted octanol–water partition coefficient (Wildman–Crippen LogP) is 4.21. The van der Waals surface area contributed by atoms with Crippen LogP contribution < -0.4 is 25.4 Å². The summed E-state index contributed by atoms with van der Waals surface area (Å²) in [6.07, 6.45) is 4.99. The zero-order chi connectivity index (χ0) is 22.5. The fourth-order valence-corrected chi connectivity index (χ4v) is 4.24. The number of amides is 2. The van der Waals surface area contributed by atoms with Crippen molar-refractivity contribution in [2.75, 3.05) is 18.5 Å². The molecule has 0 bridgehead atoms. The maximum absolute atomic E-state index is 12.5. The van der Waals surface area contributed by atoms with Crippen LogP contribution in [0.3, 0.4) is 0 Å². The van der Waals surface area contributed by atoms with Crippen molar-refractivity contribution in [3.8, 4) is 11.5 Å². The van der Waals surface area contributed by atoms with E-state index in [9.17, 15) is 9.59 Å². The largest absolute Gasteiger partial charge is 0.493 e. The molecule has 170 valence electrons. The molecule has 2 atom stereocenters. The van der Waals surface area contributed by atoms with E-state index in [1.807, 2.05) is 19.1 Å². The number of ether oxygens (including phenoxy) is 2. The van der Waals surface area contributed by atoms with Gasteiger partial charge < -0.3 is 25.4 Å². The number of carbonyl (C=O) groups is 2. The van der Waals surface area contributed by atoms with E-state index >= 15 is 0 Å². The van der Waals surface area contributed by atoms with Gasteiger partial charge in [0.25, 0.3) is 0 Å². The van der Waals surface area contributed by atoms with Crippen LogP contribution >= 0.6 is 11.6 Å². The molecule has 2 aromatic carbocycles. The molecule has 2 aromatic rings. The molecule has 0 spiro atoms. The lowest BCUT2D eigenvalue weighted by Gasteiger charge is -2.27. The van der Waals surface area contributed by atoms with E-state index in [4.69, 9.17) is 21.1 Å². The predicted molar refractivity (Wildman–Crippen MR) is 124 cm³/mol. The van der Waals surface area contributed by atoms with Gasteiger partial charge in [0.1, 0.15) is 17.5 Å². The van der Waals surface area contributed by atoms with Crippen LogP contribution in [0.25, 0.3) is 0 Å². The number of urea groups is 1. The topological polar surface area (TPSA) is 88.7 Å². The SMILES string of the molecule is Cc1c(OCCC2CCCCN2)ccc2c1OC(=O)C(NC(=O)Nc1ccc(Cl)cc1)C2. The Kier molecular flexibility index (Phi) is 7.17. The molecule has 7 nitrogen and oxygen atoms in total. The van der Waals surface area contributed by atoms with Crippen LogP contribution in [0.4, 0.5) is 10.5 Å². The number of nitrogens with one attached hydrogen (secondary N) is 3. The van der Waals surface area contributed by atoms with Crippen molar-refractivity contribution < 1.29 is 19.1 Å². The minimum absolute atomic E-state index is 0.356. The van der Waals surface area contributed by atoms with E-state index in [1.54, 1.807) is 24.3 Å². The first kappa shape index (κ1) is 22.4.